The standard InChI is InChI=1S/C32H45O3PSi2/c1-31(2,3)37(7,8)34-29-25-20-14-16-22-27(25)36(33,24-18-12-11-13-19-24)28-23-17-15-21-26(28)30(29)35-38(9,10)32(4,5)6/h11-23,29-30H,1-10H3/t29-,30-/m1/s1. The zero-order chi connectivity index (χ0) is 28.1. The maximum atomic E-state index is 15.6. The van der Waals surface area contributed by atoms with E-state index in [1.807, 2.05) is 42.5 Å². The molecule has 38 heavy (non-hydrogen) atoms. The second-order valence-corrected chi connectivity index (χ2v) is 25.9. The summed E-state index contributed by atoms with van der Waals surface area (Å²) in [5.41, 5.74) is 1.98. The van der Waals surface area contributed by atoms with E-state index in [2.05, 4.69) is 104 Å². The molecule has 2 atom stereocenters. The Morgan fingerprint density at radius 2 is 0.921 bits per heavy atom. The molecule has 0 spiro atoms. The summed E-state index contributed by atoms with van der Waals surface area (Å²) in [6, 6.07) is 26.4. The molecule has 204 valence electrons. The predicted octanol–water partition coefficient (Wildman–Crippen LogP) is 8.47. The van der Waals surface area contributed by atoms with Gasteiger partial charge in [0.15, 0.2) is 23.8 Å². The van der Waals surface area contributed by atoms with Crippen molar-refractivity contribution in [2.45, 2.75) is 90.0 Å². The SMILES string of the molecule is CC(C)(C)[Si](C)(C)O[C@@H]1c2ccccc2P(=O)(c2ccccc2)c2ccccc2[C@H]1O[Si](C)(C)C(C)(C)C. The van der Waals surface area contributed by atoms with Gasteiger partial charge in [0.2, 0.25) is 0 Å². The zero-order valence-electron chi connectivity index (χ0n) is 24.8. The molecule has 0 radical (unpaired) electrons. The molecule has 0 N–H and O–H groups in total. The Hall–Kier alpha value is -1.76. The lowest BCUT2D eigenvalue weighted by Crippen LogP contribution is -2.47. The fourth-order valence-electron chi connectivity index (χ4n) is 4.64. The van der Waals surface area contributed by atoms with Gasteiger partial charge in [-0.1, -0.05) is 120 Å². The fourth-order valence-corrected chi connectivity index (χ4v) is 10.2. The van der Waals surface area contributed by atoms with Crippen molar-refractivity contribution < 1.29 is 13.4 Å². The summed E-state index contributed by atoms with van der Waals surface area (Å²) in [6.45, 7) is 22.8. The maximum absolute atomic E-state index is 15.6. The predicted molar refractivity (Wildman–Crippen MR) is 168 cm³/mol. The average Bonchev–Trinajstić information content (AvgIpc) is 2.92. The van der Waals surface area contributed by atoms with Crippen LogP contribution in [0.1, 0.15) is 64.9 Å². The van der Waals surface area contributed by atoms with Crippen LogP contribution in [0.2, 0.25) is 36.3 Å². The van der Waals surface area contributed by atoms with Crippen LogP contribution >= 0.6 is 7.14 Å². The molecule has 1 aliphatic heterocycles. The second-order valence-electron chi connectivity index (χ2n) is 13.7. The van der Waals surface area contributed by atoms with E-state index in [9.17, 15) is 0 Å². The average molecular weight is 565 g/mol. The Balaban J connectivity index is 2.09. The Labute approximate surface area is 232 Å². The lowest BCUT2D eigenvalue weighted by atomic mass is 9.98. The molecular weight excluding hydrogens is 519 g/mol. The molecule has 6 heteroatoms. The molecule has 3 aromatic rings. The molecular formula is C32H45O3PSi2. The van der Waals surface area contributed by atoms with Gasteiger partial charge in [-0.15, -0.1) is 0 Å². The summed E-state index contributed by atoms with van der Waals surface area (Å²) in [4.78, 5) is 0. The van der Waals surface area contributed by atoms with E-state index in [0.29, 0.717) is 0 Å². The Morgan fingerprint density at radius 1 is 0.579 bits per heavy atom. The van der Waals surface area contributed by atoms with E-state index in [4.69, 9.17) is 8.85 Å². The third-order valence-corrected chi connectivity index (χ3v) is 21.1. The summed E-state index contributed by atoms with van der Waals surface area (Å²) < 4.78 is 30.3. The van der Waals surface area contributed by atoms with Gasteiger partial charge < -0.3 is 13.4 Å². The largest absolute Gasteiger partial charge is 0.407 e. The summed E-state index contributed by atoms with van der Waals surface area (Å²) >= 11 is 0. The van der Waals surface area contributed by atoms with Gasteiger partial charge in [0.1, 0.15) is 12.2 Å². The molecule has 1 aliphatic rings. The van der Waals surface area contributed by atoms with Crippen LogP contribution in [0.3, 0.4) is 0 Å². The molecule has 0 amide bonds. The number of rotatable bonds is 5. The quantitative estimate of drug-likeness (QED) is 0.230. The van der Waals surface area contributed by atoms with Crippen molar-refractivity contribution in [3.8, 4) is 0 Å². The highest BCUT2D eigenvalue weighted by Crippen LogP contribution is 2.55. The molecule has 0 aromatic heterocycles. The summed E-state index contributed by atoms with van der Waals surface area (Å²) in [5.74, 6) is 0. The number of fused-ring (bicyclic) bond motifs is 2. The highest BCUT2D eigenvalue weighted by atomic mass is 31.2. The molecule has 4 rings (SSSR count). The Bertz CT molecular complexity index is 1260. The normalized spacial score (nSPS) is 19.8. The molecule has 3 aromatic carbocycles. The Kier molecular flexibility index (Phi) is 7.70. The van der Waals surface area contributed by atoms with Crippen LogP contribution in [-0.4, -0.2) is 16.6 Å². The van der Waals surface area contributed by atoms with Crippen LogP contribution in [0.25, 0.3) is 0 Å². The van der Waals surface area contributed by atoms with Crippen LogP contribution in [0, 0.1) is 0 Å². The fraction of sp³-hybridized carbons (Fsp3) is 0.438. The first-order chi connectivity index (χ1) is 17.5. The van der Waals surface area contributed by atoms with Crippen LogP contribution < -0.4 is 15.9 Å². The molecule has 1 heterocycles. The van der Waals surface area contributed by atoms with Crippen molar-refractivity contribution in [1.82, 2.24) is 0 Å². The molecule has 0 unspecified atom stereocenters. The zero-order valence-corrected chi connectivity index (χ0v) is 27.7. The Morgan fingerprint density at radius 3 is 1.29 bits per heavy atom. The molecule has 0 aliphatic carbocycles. The van der Waals surface area contributed by atoms with E-state index in [1.54, 1.807) is 0 Å². The lowest BCUT2D eigenvalue weighted by molar-refractivity contribution is 0.0348. The minimum Gasteiger partial charge on any atom is -0.407 e. The minimum absolute atomic E-state index is 0.0123. The van der Waals surface area contributed by atoms with Gasteiger partial charge >= 0.3 is 0 Å². The molecule has 0 bridgehead atoms. The summed E-state index contributed by atoms with van der Waals surface area (Å²) in [6.07, 6.45) is -0.719. The van der Waals surface area contributed by atoms with Crippen molar-refractivity contribution in [2.24, 2.45) is 0 Å². The van der Waals surface area contributed by atoms with E-state index < -0.39 is 23.8 Å². The molecule has 3 nitrogen and oxygen atoms in total. The van der Waals surface area contributed by atoms with Crippen LogP contribution in [0.5, 0.6) is 0 Å². The number of benzene rings is 3. The van der Waals surface area contributed by atoms with Crippen molar-refractivity contribution >= 4 is 39.7 Å². The van der Waals surface area contributed by atoms with E-state index in [0.717, 1.165) is 27.0 Å². The minimum atomic E-state index is -3.21. The highest BCUT2D eigenvalue weighted by Gasteiger charge is 2.50. The smallest absolute Gasteiger partial charge is 0.193 e. The number of hydrogen-bond acceptors (Lipinski definition) is 3. The van der Waals surface area contributed by atoms with E-state index in [-0.39, 0.29) is 22.3 Å². The van der Waals surface area contributed by atoms with Crippen molar-refractivity contribution in [1.29, 1.82) is 0 Å². The third kappa shape index (κ3) is 5.09. The maximum Gasteiger partial charge on any atom is 0.193 e. The van der Waals surface area contributed by atoms with Crippen LogP contribution in [0.15, 0.2) is 78.9 Å². The van der Waals surface area contributed by atoms with Crippen LogP contribution in [0.4, 0.5) is 0 Å². The monoisotopic (exact) mass is 564 g/mol. The summed E-state index contributed by atoms with van der Waals surface area (Å²) in [7, 11) is -7.70. The van der Waals surface area contributed by atoms with Crippen molar-refractivity contribution in [2.75, 3.05) is 0 Å². The summed E-state index contributed by atoms with van der Waals surface area (Å²) in [5, 5.41) is 2.60. The number of hydrogen-bond donors (Lipinski definition) is 0. The van der Waals surface area contributed by atoms with E-state index >= 15 is 4.57 Å². The van der Waals surface area contributed by atoms with Crippen LogP contribution in [-0.2, 0) is 13.4 Å². The van der Waals surface area contributed by atoms with E-state index in [1.165, 1.54) is 0 Å². The van der Waals surface area contributed by atoms with Gasteiger partial charge in [0.05, 0.1) is 0 Å². The van der Waals surface area contributed by atoms with Gasteiger partial charge in [0, 0.05) is 15.9 Å². The topological polar surface area (TPSA) is 35.5 Å². The second kappa shape index (κ2) is 10.0. The molecule has 0 fully saturated rings. The van der Waals surface area contributed by atoms with Gasteiger partial charge in [-0.05, 0) is 47.4 Å². The van der Waals surface area contributed by atoms with Gasteiger partial charge in [-0.25, -0.2) is 0 Å². The van der Waals surface area contributed by atoms with Gasteiger partial charge in [0.25, 0.3) is 0 Å². The van der Waals surface area contributed by atoms with Gasteiger partial charge in [-0.2, -0.15) is 0 Å². The first kappa shape index (κ1) is 29.2. The first-order valence-corrected chi connectivity index (χ1v) is 21.2. The van der Waals surface area contributed by atoms with Crippen molar-refractivity contribution in [3.05, 3.63) is 90.0 Å². The lowest BCUT2D eigenvalue weighted by Gasteiger charge is -2.45. The van der Waals surface area contributed by atoms with Gasteiger partial charge in [-0.3, -0.25) is 0 Å². The highest BCUT2D eigenvalue weighted by molar-refractivity contribution is 7.85. The molecule has 0 saturated carbocycles. The molecule has 0 saturated heterocycles. The van der Waals surface area contributed by atoms with Crippen molar-refractivity contribution in [3.63, 3.8) is 0 Å². The first-order valence-electron chi connectivity index (χ1n) is 13.7. The third-order valence-electron chi connectivity index (χ3n) is 9.02.